The molecule has 18 heavy (non-hydrogen) atoms. The van der Waals surface area contributed by atoms with E-state index in [1.54, 1.807) is 19.2 Å². The molecule has 1 aromatic rings. The molecule has 6 heteroatoms. The molecule has 0 heterocycles. The van der Waals surface area contributed by atoms with Crippen molar-refractivity contribution in [3.05, 3.63) is 28.0 Å². The molecule has 0 atom stereocenters. The molecule has 3 nitrogen and oxygen atoms in total. The summed E-state index contributed by atoms with van der Waals surface area (Å²) >= 11 is 8.03. The molecule has 2 rings (SSSR count). The SMILES string of the molecule is COC1CC(Nc2ccc(C(N)=S)c(Br)c2F)C1. The Bertz CT molecular complexity index is 477. The Morgan fingerprint density at radius 3 is 2.78 bits per heavy atom. The van der Waals surface area contributed by atoms with E-state index in [9.17, 15) is 4.39 Å². The van der Waals surface area contributed by atoms with Gasteiger partial charge in [-0.15, -0.1) is 0 Å². The van der Waals surface area contributed by atoms with E-state index in [0.29, 0.717) is 15.7 Å². The first kappa shape index (κ1) is 13.7. The number of anilines is 1. The predicted molar refractivity (Wildman–Crippen MR) is 77.4 cm³/mol. The van der Waals surface area contributed by atoms with E-state index < -0.39 is 0 Å². The molecular formula is C12H14BrFN2OS. The summed E-state index contributed by atoms with van der Waals surface area (Å²) < 4.78 is 19.6. The minimum Gasteiger partial charge on any atom is -0.389 e. The van der Waals surface area contributed by atoms with Crippen molar-refractivity contribution in [2.24, 2.45) is 5.73 Å². The van der Waals surface area contributed by atoms with Crippen LogP contribution in [-0.4, -0.2) is 24.2 Å². The topological polar surface area (TPSA) is 47.3 Å². The van der Waals surface area contributed by atoms with E-state index in [4.69, 9.17) is 22.7 Å². The van der Waals surface area contributed by atoms with Crippen LogP contribution in [0.5, 0.6) is 0 Å². The van der Waals surface area contributed by atoms with Crippen LogP contribution in [0, 0.1) is 5.82 Å². The molecule has 1 saturated carbocycles. The van der Waals surface area contributed by atoms with Gasteiger partial charge < -0.3 is 15.8 Å². The fourth-order valence-electron chi connectivity index (χ4n) is 1.95. The monoisotopic (exact) mass is 332 g/mol. The van der Waals surface area contributed by atoms with Crippen molar-refractivity contribution in [1.29, 1.82) is 0 Å². The van der Waals surface area contributed by atoms with Crippen molar-refractivity contribution < 1.29 is 9.13 Å². The maximum atomic E-state index is 14.1. The lowest BCUT2D eigenvalue weighted by molar-refractivity contribution is 0.0328. The predicted octanol–water partition coefficient (Wildman–Crippen LogP) is 2.81. The summed E-state index contributed by atoms with van der Waals surface area (Å²) in [4.78, 5) is 0.176. The third kappa shape index (κ3) is 2.65. The van der Waals surface area contributed by atoms with Gasteiger partial charge in [0.05, 0.1) is 16.3 Å². The van der Waals surface area contributed by atoms with Crippen LogP contribution in [0.3, 0.4) is 0 Å². The first-order valence-electron chi connectivity index (χ1n) is 5.60. The maximum Gasteiger partial charge on any atom is 0.161 e. The Balaban J connectivity index is 2.11. The van der Waals surface area contributed by atoms with Crippen molar-refractivity contribution in [2.75, 3.05) is 12.4 Å². The second-order valence-corrected chi connectivity index (χ2v) is 5.56. The fraction of sp³-hybridized carbons (Fsp3) is 0.417. The summed E-state index contributed by atoms with van der Waals surface area (Å²) in [6, 6.07) is 3.63. The number of ether oxygens (including phenoxy) is 1. The lowest BCUT2D eigenvalue weighted by Crippen LogP contribution is -2.40. The maximum absolute atomic E-state index is 14.1. The molecule has 0 saturated heterocycles. The minimum atomic E-state index is -0.360. The van der Waals surface area contributed by atoms with Gasteiger partial charge in [-0.25, -0.2) is 4.39 Å². The van der Waals surface area contributed by atoms with Gasteiger partial charge in [0.2, 0.25) is 0 Å². The van der Waals surface area contributed by atoms with Gasteiger partial charge in [0.15, 0.2) is 5.82 Å². The van der Waals surface area contributed by atoms with E-state index in [-0.39, 0.29) is 23.0 Å². The standard InChI is InChI=1S/C12H14BrFN2OS/c1-17-7-4-6(5-7)16-9-3-2-8(12(15)18)10(13)11(9)14/h2-3,6-7,16H,4-5H2,1H3,(H2,15,18). The molecule has 0 aliphatic heterocycles. The van der Waals surface area contributed by atoms with Gasteiger partial charge in [-0.05, 0) is 40.9 Å². The number of nitrogens with one attached hydrogen (secondary N) is 1. The normalized spacial score (nSPS) is 22.4. The average molecular weight is 333 g/mol. The zero-order chi connectivity index (χ0) is 13.3. The summed E-state index contributed by atoms with van der Waals surface area (Å²) in [5.74, 6) is -0.360. The van der Waals surface area contributed by atoms with Crippen molar-refractivity contribution in [3.8, 4) is 0 Å². The molecule has 3 N–H and O–H groups in total. The number of thiocarbonyl (C=S) groups is 1. The van der Waals surface area contributed by atoms with Crippen LogP contribution in [0.2, 0.25) is 0 Å². The highest BCUT2D eigenvalue weighted by Crippen LogP contribution is 2.31. The molecule has 0 aromatic heterocycles. The lowest BCUT2D eigenvalue weighted by atomic mass is 9.89. The molecule has 1 aliphatic rings. The van der Waals surface area contributed by atoms with Crippen LogP contribution in [0.4, 0.5) is 10.1 Å². The first-order chi connectivity index (χ1) is 8.52. The van der Waals surface area contributed by atoms with Crippen LogP contribution in [0.25, 0.3) is 0 Å². The largest absolute Gasteiger partial charge is 0.389 e. The van der Waals surface area contributed by atoms with Crippen LogP contribution in [0.15, 0.2) is 16.6 Å². The van der Waals surface area contributed by atoms with E-state index in [0.717, 1.165) is 12.8 Å². The fourth-order valence-corrected chi connectivity index (χ4v) is 2.81. The van der Waals surface area contributed by atoms with Gasteiger partial charge in [-0.2, -0.15) is 0 Å². The van der Waals surface area contributed by atoms with E-state index >= 15 is 0 Å². The van der Waals surface area contributed by atoms with Crippen molar-refractivity contribution in [3.63, 3.8) is 0 Å². The summed E-state index contributed by atoms with van der Waals surface area (Å²) in [6.07, 6.45) is 2.07. The minimum absolute atomic E-state index is 0.176. The number of hydrogen-bond acceptors (Lipinski definition) is 3. The summed E-state index contributed by atoms with van der Waals surface area (Å²) in [6.45, 7) is 0. The average Bonchev–Trinajstić information content (AvgIpc) is 2.27. The van der Waals surface area contributed by atoms with Gasteiger partial charge >= 0.3 is 0 Å². The molecule has 0 amide bonds. The molecule has 1 fully saturated rings. The quantitative estimate of drug-likeness (QED) is 0.832. The highest BCUT2D eigenvalue weighted by molar-refractivity contribution is 9.10. The Kier molecular flexibility index (Phi) is 4.19. The summed E-state index contributed by atoms with van der Waals surface area (Å²) in [7, 11) is 1.69. The Labute approximate surface area is 119 Å². The van der Waals surface area contributed by atoms with Gasteiger partial charge in [0.25, 0.3) is 0 Å². The number of rotatable bonds is 4. The number of halogens is 2. The summed E-state index contributed by atoms with van der Waals surface area (Å²) in [5, 5.41) is 3.15. The third-order valence-corrected chi connectivity index (χ3v) is 4.13. The van der Waals surface area contributed by atoms with Crippen LogP contribution in [-0.2, 0) is 4.74 Å². The molecule has 0 spiro atoms. The van der Waals surface area contributed by atoms with Crippen LogP contribution < -0.4 is 11.1 Å². The van der Waals surface area contributed by atoms with Gasteiger partial charge in [-0.3, -0.25) is 0 Å². The zero-order valence-corrected chi connectivity index (χ0v) is 12.3. The van der Waals surface area contributed by atoms with Crippen LogP contribution in [0.1, 0.15) is 18.4 Å². The second-order valence-electron chi connectivity index (χ2n) is 4.32. The van der Waals surface area contributed by atoms with Gasteiger partial charge in [0, 0.05) is 18.7 Å². The van der Waals surface area contributed by atoms with Gasteiger partial charge in [-0.1, -0.05) is 12.2 Å². The van der Waals surface area contributed by atoms with Crippen LogP contribution >= 0.6 is 28.1 Å². The molecule has 1 aromatic carbocycles. The molecule has 98 valence electrons. The molecule has 0 radical (unpaired) electrons. The molecule has 0 bridgehead atoms. The number of methoxy groups -OCH3 is 1. The van der Waals surface area contributed by atoms with E-state index in [1.165, 1.54) is 0 Å². The Hall–Kier alpha value is -0.720. The zero-order valence-electron chi connectivity index (χ0n) is 9.87. The highest BCUT2D eigenvalue weighted by atomic mass is 79.9. The Morgan fingerprint density at radius 1 is 1.56 bits per heavy atom. The number of hydrogen-bond donors (Lipinski definition) is 2. The lowest BCUT2D eigenvalue weighted by Gasteiger charge is -2.35. The summed E-state index contributed by atoms with van der Waals surface area (Å²) in [5.41, 5.74) is 6.48. The second kappa shape index (κ2) is 5.50. The van der Waals surface area contributed by atoms with E-state index in [2.05, 4.69) is 21.2 Å². The third-order valence-electron chi connectivity index (χ3n) is 3.14. The molecule has 1 aliphatic carbocycles. The number of nitrogens with two attached hydrogens (primary N) is 1. The Morgan fingerprint density at radius 2 is 2.22 bits per heavy atom. The van der Waals surface area contributed by atoms with Crippen molar-refractivity contribution in [1.82, 2.24) is 0 Å². The van der Waals surface area contributed by atoms with E-state index in [1.807, 2.05) is 0 Å². The molecular weight excluding hydrogens is 319 g/mol. The smallest absolute Gasteiger partial charge is 0.161 e. The van der Waals surface area contributed by atoms with Crippen molar-refractivity contribution >= 4 is 38.8 Å². The van der Waals surface area contributed by atoms with Crippen molar-refractivity contribution in [2.45, 2.75) is 25.0 Å². The van der Waals surface area contributed by atoms with Gasteiger partial charge in [0.1, 0.15) is 4.99 Å². The number of benzene rings is 1. The molecule has 0 unspecified atom stereocenters. The first-order valence-corrected chi connectivity index (χ1v) is 6.80. The highest BCUT2D eigenvalue weighted by Gasteiger charge is 2.29.